The van der Waals surface area contributed by atoms with Gasteiger partial charge in [0.2, 0.25) is 0 Å². The fourth-order valence-electron chi connectivity index (χ4n) is 1.72. The third-order valence-electron chi connectivity index (χ3n) is 3.05. The molecule has 0 saturated heterocycles. The van der Waals surface area contributed by atoms with Gasteiger partial charge >= 0.3 is 6.36 Å². The Balaban J connectivity index is 0.00000361. The van der Waals surface area contributed by atoms with E-state index >= 15 is 0 Å². The number of halogens is 4. The Morgan fingerprint density at radius 1 is 1.30 bits per heavy atom. The number of methoxy groups -OCH3 is 1. The van der Waals surface area contributed by atoms with Gasteiger partial charge in [0.25, 0.3) is 0 Å². The fourth-order valence-corrected chi connectivity index (χ4v) is 1.72. The minimum absolute atomic E-state index is 0. The average molecular weight is 314 g/mol. The quantitative estimate of drug-likeness (QED) is 0.891. The van der Waals surface area contributed by atoms with Gasteiger partial charge in [0, 0.05) is 17.7 Å². The van der Waals surface area contributed by atoms with Crippen molar-refractivity contribution in [3.05, 3.63) is 23.8 Å². The zero-order valence-electron chi connectivity index (χ0n) is 11.5. The molecule has 0 aliphatic carbocycles. The van der Waals surface area contributed by atoms with Gasteiger partial charge in [-0.05, 0) is 12.0 Å². The van der Waals surface area contributed by atoms with Gasteiger partial charge in [-0.3, -0.25) is 0 Å². The molecule has 0 aromatic heterocycles. The maximum Gasteiger partial charge on any atom is 0.573 e. The van der Waals surface area contributed by atoms with Gasteiger partial charge in [-0.2, -0.15) is 0 Å². The molecule has 0 bridgehead atoms. The topological polar surface area (TPSA) is 44.5 Å². The molecule has 1 rings (SSSR count). The molecule has 0 aliphatic rings. The predicted octanol–water partition coefficient (Wildman–Crippen LogP) is 4.06. The SMILES string of the molecule is CCC(C)[C@@H](N)c1ccc(OC(F)(F)F)cc1OC.Cl. The maximum absolute atomic E-state index is 12.1. The number of ether oxygens (including phenoxy) is 2. The van der Waals surface area contributed by atoms with Crippen molar-refractivity contribution < 1.29 is 22.6 Å². The lowest BCUT2D eigenvalue weighted by molar-refractivity contribution is -0.274. The van der Waals surface area contributed by atoms with Gasteiger partial charge in [0.1, 0.15) is 11.5 Å². The molecular formula is C13H19ClF3NO2. The highest BCUT2D eigenvalue weighted by molar-refractivity contribution is 5.85. The van der Waals surface area contributed by atoms with E-state index in [0.29, 0.717) is 11.3 Å². The van der Waals surface area contributed by atoms with Crippen molar-refractivity contribution in [1.29, 1.82) is 0 Å². The third kappa shape index (κ3) is 5.09. The van der Waals surface area contributed by atoms with E-state index in [1.165, 1.54) is 25.3 Å². The third-order valence-corrected chi connectivity index (χ3v) is 3.05. The van der Waals surface area contributed by atoms with Crippen LogP contribution >= 0.6 is 12.4 Å². The molecular weight excluding hydrogens is 295 g/mol. The van der Waals surface area contributed by atoms with E-state index < -0.39 is 6.36 Å². The first kappa shape index (κ1) is 18.9. The van der Waals surface area contributed by atoms with Crippen LogP contribution in [0.3, 0.4) is 0 Å². The number of alkyl halides is 3. The fraction of sp³-hybridized carbons (Fsp3) is 0.538. The van der Waals surface area contributed by atoms with Gasteiger partial charge in [-0.25, -0.2) is 0 Å². The van der Waals surface area contributed by atoms with Gasteiger partial charge in [0.05, 0.1) is 7.11 Å². The van der Waals surface area contributed by atoms with Crippen LogP contribution in [0.5, 0.6) is 11.5 Å². The second-order valence-electron chi connectivity index (χ2n) is 4.36. The first-order chi connectivity index (χ1) is 8.78. The van der Waals surface area contributed by atoms with E-state index in [1.807, 2.05) is 13.8 Å². The molecule has 0 heterocycles. The Morgan fingerprint density at radius 3 is 2.35 bits per heavy atom. The summed E-state index contributed by atoms with van der Waals surface area (Å²) in [7, 11) is 1.39. The summed E-state index contributed by atoms with van der Waals surface area (Å²) in [5, 5.41) is 0. The highest BCUT2D eigenvalue weighted by Gasteiger charge is 2.31. The number of hydrogen-bond acceptors (Lipinski definition) is 3. The Hall–Kier alpha value is -1.14. The molecule has 2 atom stereocenters. The van der Waals surface area contributed by atoms with Crippen LogP contribution in [-0.4, -0.2) is 13.5 Å². The molecule has 0 amide bonds. The minimum Gasteiger partial charge on any atom is -0.496 e. The van der Waals surface area contributed by atoms with Crippen molar-refractivity contribution in [2.24, 2.45) is 11.7 Å². The second-order valence-corrected chi connectivity index (χ2v) is 4.36. The van der Waals surface area contributed by atoms with E-state index in [9.17, 15) is 13.2 Å². The number of benzene rings is 1. The molecule has 0 fully saturated rings. The van der Waals surface area contributed by atoms with Crippen molar-refractivity contribution in [3.63, 3.8) is 0 Å². The summed E-state index contributed by atoms with van der Waals surface area (Å²) in [5.74, 6) is 0.183. The van der Waals surface area contributed by atoms with Crippen LogP contribution in [0.1, 0.15) is 31.9 Å². The summed E-state index contributed by atoms with van der Waals surface area (Å²) in [5.41, 5.74) is 6.73. The van der Waals surface area contributed by atoms with E-state index in [2.05, 4.69) is 4.74 Å². The van der Waals surface area contributed by atoms with Crippen LogP contribution in [0.2, 0.25) is 0 Å². The van der Waals surface area contributed by atoms with Gasteiger partial charge in [-0.15, -0.1) is 25.6 Å². The maximum atomic E-state index is 12.1. The molecule has 0 aliphatic heterocycles. The Labute approximate surface area is 122 Å². The van der Waals surface area contributed by atoms with Crippen LogP contribution in [0.15, 0.2) is 18.2 Å². The summed E-state index contributed by atoms with van der Waals surface area (Å²) < 4.78 is 45.3. The lowest BCUT2D eigenvalue weighted by Gasteiger charge is -2.21. The normalized spacial score (nSPS) is 14.2. The van der Waals surface area contributed by atoms with Crippen molar-refractivity contribution in [1.82, 2.24) is 0 Å². The number of rotatable bonds is 5. The summed E-state index contributed by atoms with van der Waals surface area (Å²) in [6.07, 6.45) is -3.85. The molecule has 20 heavy (non-hydrogen) atoms. The monoisotopic (exact) mass is 313 g/mol. The lowest BCUT2D eigenvalue weighted by atomic mass is 9.92. The highest BCUT2D eigenvalue weighted by atomic mass is 35.5. The lowest BCUT2D eigenvalue weighted by Crippen LogP contribution is -2.20. The molecule has 0 spiro atoms. The molecule has 2 N–H and O–H groups in total. The zero-order valence-corrected chi connectivity index (χ0v) is 12.3. The highest BCUT2D eigenvalue weighted by Crippen LogP contribution is 2.34. The summed E-state index contributed by atoms with van der Waals surface area (Å²) in [6.45, 7) is 3.97. The van der Waals surface area contributed by atoms with Crippen LogP contribution < -0.4 is 15.2 Å². The number of hydrogen-bond donors (Lipinski definition) is 1. The average Bonchev–Trinajstić information content (AvgIpc) is 2.34. The summed E-state index contributed by atoms with van der Waals surface area (Å²) in [6, 6.07) is 3.66. The molecule has 0 radical (unpaired) electrons. The smallest absolute Gasteiger partial charge is 0.496 e. The van der Waals surface area contributed by atoms with Gasteiger partial charge < -0.3 is 15.2 Å². The molecule has 3 nitrogen and oxygen atoms in total. The standard InChI is InChI=1S/C13H18F3NO2.ClH/c1-4-8(2)12(17)10-6-5-9(7-11(10)18-3)19-13(14,15)16;/h5-8,12H,4,17H2,1-3H3;1H/t8?,12-;/m1./s1. The largest absolute Gasteiger partial charge is 0.573 e. The van der Waals surface area contributed by atoms with Crippen molar-refractivity contribution in [3.8, 4) is 11.5 Å². The summed E-state index contributed by atoms with van der Waals surface area (Å²) in [4.78, 5) is 0. The van der Waals surface area contributed by atoms with Crippen molar-refractivity contribution in [2.45, 2.75) is 32.7 Å². The van der Waals surface area contributed by atoms with Crippen LogP contribution in [-0.2, 0) is 0 Å². The van der Waals surface area contributed by atoms with E-state index in [0.717, 1.165) is 6.42 Å². The minimum atomic E-state index is -4.72. The predicted molar refractivity (Wildman–Crippen MR) is 73.3 cm³/mol. The van der Waals surface area contributed by atoms with E-state index in [-0.39, 0.29) is 30.1 Å². The van der Waals surface area contributed by atoms with Crippen LogP contribution in [0.25, 0.3) is 0 Å². The van der Waals surface area contributed by atoms with E-state index in [4.69, 9.17) is 10.5 Å². The molecule has 7 heteroatoms. The first-order valence-electron chi connectivity index (χ1n) is 5.97. The first-order valence-corrected chi connectivity index (χ1v) is 5.97. The van der Waals surface area contributed by atoms with Crippen molar-refractivity contribution >= 4 is 12.4 Å². The molecule has 1 aromatic rings. The Kier molecular flexibility index (Phi) is 7.16. The van der Waals surface area contributed by atoms with Gasteiger partial charge in [-0.1, -0.05) is 26.3 Å². The molecule has 1 unspecified atom stereocenters. The van der Waals surface area contributed by atoms with Crippen LogP contribution in [0.4, 0.5) is 13.2 Å². The second kappa shape index (κ2) is 7.59. The molecule has 116 valence electrons. The Morgan fingerprint density at radius 2 is 1.90 bits per heavy atom. The zero-order chi connectivity index (χ0) is 14.6. The summed E-state index contributed by atoms with van der Waals surface area (Å²) >= 11 is 0. The van der Waals surface area contributed by atoms with Gasteiger partial charge in [0.15, 0.2) is 0 Å². The molecule has 0 saturated carbocycles. The van der Waals surface area contributed by atoms with Crippen LogP contribution in [0, 0.1) is 5.92 Å². The van der Waals surface area contributed by atoms with E-state index in [1.54, 1.807) is 0 Å². The Bertz CT molecular complexity index is 427. The van der Waals surface area contributed by atoms with Crippen molar-refractivity contribution in [2.75, 3.05) is 7.11 Å². The number of nitrogens with two attached hydrogens (primary N) is 1. The molecule has 1 aromatic carbocycles.